The molecular weight excluding hydrogens is 246 g/mol. The van der Waals surface area contributed by atoms with Gasteiger partial charge in [-0.3, -0.25) is 4.99 Å². The van der Waals surface area contributed by atoms with Crippen molar-refractivity contribution < 1.29 is 9.84 Å². The quantitative estimate of drug-likeness (QED) is 0.516. The van der Waals surface area contributed by atoms with Gasteiger partial charge in [-0.2, -0.15) is 11.8 Å². The highest BCUT2D eigenvalue weighted by atomic mass is 32.2. The van der Waals surface area contributed by atoms with Crippen molar-refractivity contribution in [3.63, 3.8) is 0 Å². The highest BCUT2D eigenvalue weighted by Gasteiger charge is 2.17. The summed E-state index contributed by atoms with van der Waals surface area (Å²) < 4.78 is 5.45. The third-order valence-corrected chi connectivity index (χ3v) is 3.57. The summed E-state index contributed by atoms with van der Waals surface area (Å²) in [4.78, 5) is 4.42. The molecule has 0 radical (unpaired) electrons. The molecule has 102 valence electrons. The van der Waals surface area contributed by atoms with Crippen molar-refractivity contribution in [1.82, 2.24) is 0 Å². The second-order valence-corrected chi connectivity index (χ2v) is 5.71. The summed E-state index contributed by atoms with van der Waals surface area (Å²) in [7, 11) is 0. The highest BCUT2D eigenvalue weighted by Crippen LogP contribution is 2.24. The van der Waals surface area contributed by atoms with Crippen molar-refractivity contribution in [2.45, 2.75) is 13.3 Å². The topological polar surface area (TPSA) is 41.8 Å². The number of hydrogen-bond donors (Lipinski definition) is 1. The van der Waals surface area contributed by atoms with E-state index in [1.54, 1.807) is 11.8 Å². The lowest BCUT2D eigenvalue weighted by Crippen LogP contribution is -2.16. The lowest BCUT2D eigenvalue weighted by atomic mass is 9.85. The molecule has 0 spiro atoms. The smallest absolute Gasteiger partial charge is 0.0662 e. The van der Waals surface area contributed by atoms with Crippen LogP contribution in [0.15, 0.2) is 29.3 Å². The number of thioether (sulfide) groups is 1. The second-order valence-electron chi connectivity index (χ2n) is 4.48. The average Bonchev–Trinajstić information content (AvgIpc) is 2.38. The zero-order valence-electron chi connectivity index (χ0n) is 11.0. The van der Waals surface area contributed by atoms with E-state index < -0.39 is 0 Å². The Balaban J connectivity index is 2.00. The average molecular weight is 269 g/mol. The molecule has 0 saturated heterocycles. The molecule has 0 aromatic rings. The molecule has 1 N–H and O–H groups in total. The second kappa shape index (κ2) is 9.36. The molecular formula is C14H23NO2S. The molecule has 0 aromatic heterocycles. The summed E-state index contributed by atoms with van der Waals surface area (Å²) in [6, 6.07) is 0. The molecule has 0 heterocycles. The monoisotopic (exact) mass is 269 g/mol. The van der Waals surface area contributed by atoms with Gasteiger partial charge in [-0.05, 0) is 6.42 Å². The van der Waals surface area contributed by atoms with Gasteiger partial charge in [0.05, 0.1) is 26.4 Å². The first-order chi connectivity index (χ1) is 8.77. The molecule has 0 bridgehead atoms. The maximum Gasteiger partial charge on any atom is 0.0662 e. The van der Waals surface area contributed by atoms with Gasteiger partial charge in [-0.1, -0.05) is 31.2 Å². The van der Waals surface area contributed by atoms with Crippen molar-refractivity contribution in [1.29, 1.82) is 0 Å². The van der Waals surface area contributed by atoms with Gasteiger partial charge in [-0.25, -0.2) is 0 Å². The molecule has 4 heteroatoms. The van der Waals surface area contributed by atoms with Crippen molar-refractivity contribution in [2.24, 2.45) is 10.4 Å². The Hall–Kier alpha value is -0.580. The van der Waals surface area contributed by atoms with Crippen LogP contribution in [0.3, 0.4) is 0 Å². The summed E-state index contributed by atoms with van der Waals surface area (Å²) in [6.45, 7) is 4.56. The van der Waals surface area contributed by atoms with E-state index >= 15 is 0 Å². The van der Waals surface area contributed by atoms with E-state index in [4.69, 9.17) is 9.84 Å². The first-order valence-corrected chi connectivity index (χ1v) is 7.54. The van der Waals surface area contributed by atoms with Crippen LogP contribution in [0.5, 0.6) is 0 Å². The number of nitrogens with zero attached hydrogens (tertiary/aromatic N) is 1. The van der Waals surface area contributed by atoms with Gasteiger partial charge in [0.2, 0.25) is 0 Å². The molecule has 1 aliphatic rings. The number of aliphatic hydroxyl groups excluding tert-OH is 1. The zero-order chi connectivity index (χ0) is 13.1. The van der Waals surface area contributed by atoms with Crippen LogP contribution in [0.1, 0.15) is 13.3 Å². The number of allylic oxidation sites excluding steroid dienone is 4. The Bertz CT molecular complexity index is 302. The van der Waals surface area contributed by atoms with Crippen LogP contribution in [0.25, 0.3) is 0 Å². The summed E-state index contributed by atoms with van der Waals surface area (Å²) in [5.41, 5.74) is 0.0751. The number of aliphatic hydroxyl groups is 1. The number of hydrogen-bond acceptors (Lipinski definition) is 4. The standard InChI is InChI=1S/C14H23NO2S/c1-14(5-3-2-4-6-14)13-15-7-9-17-10-12-18-11-8-16/h2-5,13,16H,6-12H2,1H3. The van der Waals surface area contributed by atoms with Gasteiger partial charge in [-0.15, -0.1) is 0 Å². The minimum absolute atomic E-state index is 0.0751. The number of ether oxygens (including phenoxy) is 1. The minimum atomic E-state index is 0.0751. The normalized spacial score (nSPS) is 23.0. The molecule has 1 aliphatic carbocycles. The highest BCUT2D eigenvalue weighted by molar-refractivity contribution is 7.99. The Kier molecular flexibility index (Phi) is 8.05. The predicted molar refractivity (Wildman–Crippen MR) is 79.6 cm³/mol. The van der Waals surface area contributed by atoms with Crippen molar-refractivity contribution in [3.05, 3.63) is 24.3 Å². The van der Waals surface area contributed by atoms with Crippen LogP contribution in [-0.2, 0) is 4.74 Å². The molecule has 1 rings (SSSR count). The fourth-order valence-electron chi connectivity index (χ4n) is 1.62. The van der Waals surface area contributed by atoms with Gasteiger partial charge < -0.3 is 9.84 Å². The van der Waals surface area contributed by atoms with Gasteiger partial charge in [0.1, 0.15) is 0 Å². The summed E-state index contributed by atoms with van der Waals surface area (Å²) in [5.74, 6) is 1.73. The van der Waals surface area contributed by atoms with Gasteiger partial charge >= 0.3 is 0 Å². The molecule has 0 saturated carbocycles. The first-order valence-electron chi connectivity index (χ1n) is 6.38. The van der Waals surface area contributed by atoms with Crippen molar-refractivity contribution >= 4 is 18.0 Å². The number of aliphatic imine (C=N–C) groups is 1. The summed E-state index contributed by atoms with van der Waals surface area (Å²) in [5, 5.41) is 8.60. The molecule has 18 heavy (non-hydrogen) atoms. The van der Waals surface area contributed by atoms with E-state index in [9.17, 15) is 0 Å². The Morgan fingerprint density at radius 2 is 2.28 bits per heavy atom. The molecule has 0 amide bonds. The SMILES string of the molecule is CC1(C=NCCOCCSCCO)C=CC=CC1. The zero-order valence-corrected chi connectivity index (χ0v) is 11.9. The van der Waals surface area contributed by atoms with Crippen LogP contribution in [-0.4, -0.2) is 49.2 Å². The lowest BCUT2D eigenvalue weighted by molar-refractivity contribution is 0.158. The minimum Gasteiger partial charge on any atom is -0.396 e. The molecule has 0 aromatic carbocycles. The first kappa shape index (κ1) is 15.5. The fourth-order valence-corrected chi connectivity index (χ4v) is 2.19. The molecule has 1 atom stereocenters. The summed E-state index contributed by atoms with van der Waals surface area (Å²) >= 11 is 1.71. The van der Waals surface area contributed by atoms with Crippen LogP contribution in [0.2, 0.25) is 0 Å². The Morgan fingerprint density at radius 3 is 3.00 bits per heavy atom. The van der Waals surface area contributed by atoms with E-state index in [1.807, 2.05) is 6.21 Å². The maximum atomic E-state index is 8.60. The van der Waals surface area contributed by atoms with E-state index in [1.165, 1.54) is 0 Å². The molecule has 3 nitrogen and oxygen atoms in total. The van der Waals surface area contributed by atoms with Gasteiger partial charge in [0, 0.05) is 23.1 Å². The predicted octanol–water partition coefficient (Wildman–Crippen LogP) is 2.32. The van der Waals surface area contributed by atoms with Crippen LogP contribution < -0.4 is 0 Å². The third-order valence-electron chi connectivity index (χ3n) is 2.64. The van der Waals surface area contributed by atoms with E-state index in [-0.39, 0.29) is 12.0 Å². The third kappa shape index (κ3) is 6.99. The largest absolute Gasteiger partial charge is 0.396 e. The van der Waals surface area contributed by atoms with E-state index in [0.29, 0.717) is 6.61 Å². The van der Waals surface area contributed by atoms with Crippen LogP contribution >= 0.6 is 11.8 Å². The Morgan fingerprint density at radius 1 is 1.39 bits per heavy atom. The molecule has 0 fully saturated rings. The fraction of sp³-hybridized carbons (Fsp3) is 0.643. The maximum absolute atomic E-state index is 8.60. The van der Waals surface area contributed by atoms with Crippen molar-refractivity contribution in [2.75, 3.05) is 37.9 Å². The molecule has 1 unspecified atom stereocenters. The molecule has 0 aliphatic heterocycles. The Labute approximate surface area is 114 Å². The van der Waals surface area contributed by atoms with E-state index in [0.717, 1.165) is 31.1 Å². The van der Waals surface area contributed by atoms with E-state index in [2.05, 4.69) is 36.2 Å². The van der Waals surface area contributed by atoms with Gasteiger partial charge in [0.25, 0.3) is 0 Å². The lowest BCUT2D eigenvalue weighted by Gasteiger charge is -2.20. The summed E-state index contributed by atoms with van der Waals surface area (Å²) in [6.07, 6.45) is 11.5. The van der Waals surface area contributed by atoms with Crippen LogP contribution in [0, 0.1) is 5.41 Å². The van der Waals surface area contributed by atoms with Gasteiger partial charge in [0.15, 0.2) is 0 Å². The number of rotatable bonds is 9. The van der Waals surface area contributed by atoms with Crippen LogP contribution in [0.4, 0.5) is 0 Å². The van der Waals surface area contributed by atoms with Crippen molar-refractivity contribution in [3.8, 4) is 0 Å².